The zero-order valence-corrected chi connectivity index (χ0v) is 12.4. The van der Waals surface area contributed by atoms with E-state index in [4.69, 9.17) is 0 Å². The fraction of sp³-hybridized carbons (Fsp3) is 1.00. The highest BCUT2D eigenvalue weighted by Crippen LogP contribution is 2.23. The van der Waals surface area contributed by atoms with Crippen molar-refractivity contribution in [3.05, 3.63) is 0 Å². The molecule has 0 saturated heterocycles. The van der Waals surface area contributed by atoms with Crippen molar-refractivity contribution in [2.75, 3.05) is 0 Å². The molecule has 0 aliphatic carbocycles. The van der Waals surface area contributed by atoms with Crippen molar-refractivity contribution in [2.45, 2.75) is 86.0 Å². The van der Waals surface area contributed by atoms with Crippen molar-refractivity contribution in [1.82, 2.24) is 0 Å². The summed E-state index contributed by atoms with van der Waals surface area (Å²) in [7, 11) is 0. The van der Waals surface area contributed by atoms with Crippen LogP contribution >= 0.6 is 0 Å². The van der Waals surface area contributed by atoms with Gasteiger partial charge in [0.2, 0.25) is 0 Å². The first kappa shape index (κ1) is 16.0. The maximum Gasteiger partial charge on any atom is -0.0419 e. The molecule has 0 N–H and O–H groups in total. The van der Waals surface area contributed by atoms with Gasteiger partial charge in [-0.05, 0) is 17.8 Å². The maximum atomic E-state index is 2.45. The van der Waals surface area contributed by atoms with Gasteiger partial charge in [0.1, 0.15) is 0 Å². The first-order valence-corrected chi connectivity index (χ1v) is 7.63. The molecular formula is C16H34. The zero-order valence-electron chi connectivity index (χ0n) is 12.4. The van der Waals surface area contributed by atoms with Gasteiger partial charge >= 0.3 is 0 Å². The van der Waals surface area contributed by atoms with Crippen molar-refractivity contribution in [1.29, 1.82) is 0 Å². The Bertz CT molecular complexity index is 135. The number of hydrogen-bond donors (Lipinski definition) is 0. The monoisotopic (exact) mass is 226 g/mol. The first-order valence-electron chi connectivity index (χ1n) is 7.63. The van der Waals surface area contributed by atoms with E-state index in [1.54, 1.807) is 0 Å². The predicted octanol–water partition coefficient (Wildman–Crippen LogP) is 6.06. The van der Waals surface area contributed by atoms with Gasteiger partial charge in [-0.3, -0.25) is 0 Å². The van der Waals surface area contributed by atoms with Crippen molar-refractivity contribution in [2.24, 2.45) is 17.8 Å². The van der Waals surface area contributed by atoms with E-state index in [1.807, 2.05) is 0 Å². The third-order valence-corrected chi connectivity index (χ3v) is 4.16. The molecule has 0 aromatic heterocycles. The van der Waals surface area contributed by atoms with Crippen molar-refractivity contribution >= 4 is 0 Å². The summed E-state index contributed by atoms with van der Waals surface area (Å²) < 4.78 is 0. The minimum atomic E-state index is 0.944. The lowest BCUT2D eigenvalue weighted by atomic mass is 9.88. The summed E-state index contributed by atoms with van der Waals surface area (Å²) >= 11 is 0. The van der Waals surface area contributed by atoms with E-state index in [9.17, 15) is 0 Å². The predicted molar refractivity (Wildman–Crippen MR) is 75.8 cm³/mol. The van der Waals surface area contributed by atoms with Crippen LogP contribution in [0.2, 0.25) is 0 Å². The Morgan fingerprint density at radius 3 is 1.50 bits per heavy atom. The molecule has 0 radical (unpaired) electrons. The second-order valence-corrected chi connectivity index (χ2v) is 5.84. The Kier molecular flexibility index (Phi) is 10.2. The number of rotatable bonds is 10. The van der Waals surface area contributed by atoms with Gasteiger partial charge in [0.25, 0.3) is 0 Å². The van der Waals surface area contributed by atoms with E-state index >= 15 is 0 Å². The minimum Gasteiger partial charge on any atom is -0.0654 e. The summed E-state index contributed by atoms with van der Waals surface area (Å²) in [5.41, 5.74) is 0. The van der Waals surface area contributed by atoms with Gasteiger partial charge < -0.3 is 0 Å². The van der Waals surface area contributed by atoms with Crippen LogP contribution in [0.3, 0.4) is 0 Å². The fourth-order valence-corrected chi connectivity index (χ4v) is 2.57. The lowest BCUT2D eigenvalue weighted by molar-refractivity contribution is 0.350. The second kappa shape index (κ2) is 10.2. The lowest BCUT2D eigenvalue weighted by Crippen LogP contribution is -2.04. The van der Waals surface area contributed by atoms with Crippen LogP contribution in [-0.4, -0.2) is 0 Å². The highest BCUT2D eigenvalue weighted by molar-refractivity contribution is 4.62. The summed E-state index contributed by atoms with van der Waals surface area (Å²) in [5, 5.41) is 0. The van der Waals surface area contributed by atoms with E-state index in [0.717, 1.165) is 17.8 Å². The van der Waals surface area contributed by atoms with Crippen molar-refractivity contribution in [3.63, 3.8) is 0 Å². The van der Waals surface area contributed by atoms with Gasteiger partial charge in [0, 0.05) is 0 Å². The molecule has 2 atom stereocenters. The molecule has 98 valence electrons. The zero-order chi connectivity index (χ0) is 12.4. The Balaban J connectivity index is 3.53. The van der Waals surface area contributed by atoms with Crippen LogP contribution in [0.5, 0.6) is 0 Å². The van der Waals surface area contributed by atoms with Gasteiger partial charge in [0.15, 0.2) is 0 Å². The first-order chi connectivity index (χ1) is 7.63. The molecule has 0 saturated carbocycles. The van der Waals surface area contributed by atoms with E-state index < -0.39 is 0 Å². The Morgan fingerprint density at radius 2 is 1.06 bits per heavy atom. The quantitative estimate of drug-likeness (QED) is 0.425. The SMILES string of the molecule is CCCC(C)CCC(C)CCC(CC)CC. The summed E-state index contributed by atoms with van der Waals surface area (Å²) in [6.45, 7) is 11.8. The number of hydrogen-bond acceptors (Lipinski definition) is 0. The largest absolute Gasteiger partial charge is 0.0654 e. The fourth-order valence-electron chi connectivity index (χ4n) is 2.57. The molecule has 0 amide bonds. The summed E-state index contributed by atoms with van der Waals surface area (Å²) in [6, 6.07) is 0. The van der Waals surface area contributed by atoms with E-state index in [1.165, 1.54) is 51.4 Å². The highest BCUT2D eigenvalue weighted by atomic mass is 14.1. The Morgan fingerprint density at radius 1 is 0.625 bits per heavy atom. The molecule has 0 spiro atoms. The smallest absolute Gasteiger partial charge is 0.0419 e. The molecule has 0 heterocycles. The molecule has 16 heavy (non-hydrogen) atoms. The molecule has 0 fully saturated rings. The topological polar surface area (TPSA) is 0 Å². The lowest BCUT2D eigenvalue weighted by Gasteiger charge is -2.18. The van der Waals surface area contributed by atoms with Gasteiger partial charge in [-0.25, -0.2) is 0 Å². The molecular weight excluding hydrogens is 192 g/mol. The Labute approximate surface area is 104 Å². The summed E-state index contributed by atoms with van der Waals surface area (Å²) in [6.07, 6.45) is 11.3. The normalized spacial score (nSPS) is 15.4. The van der Waals surface area contributed by atoms with Crippen LogP contribution in [0.1, 0.15) is 86.0 Å². The van der Waals surface area contributed by atoms with E-state index in [-0.39, 0.29) is 0 Å². The van der Waals surface area contributed by atoms with Crippen LogP contribution < -0.4 is 0 Å². The van der Waals surface area contributed by atoms with Gasteiger partial charge in [-0.1, -0.05) is 86.0 Å². The van der Waals surface area contributed by atoms with E-state index in [2.05, 4.69) is 34.6 Å². The molecule has 2 unspecified atom stereocenters. The average Bonchev–Trinajstić information content (AvgIpc) is 2.28. The molecule has 0 aliphatic heterocycles. The Hall–Kier alpha value is 0. The van der Waals surface area contributed by atoms with Crippen molar-refractivity contribution < 1.29 is 0 Å². The van der Waals surface area contributed by atoms with Crippen LogP contribution in [0.15, 0.2) is 0 Å². The van der Waals surface area contributed by atoms with Gasteiger partial charge in [-0.15, -0.1) is 0 Å². The third kappa shape index (κ3) is 8.19. The summed E-state index contributed by atoms with van der Waals surface area (Å²) in [5.74, 6) is 2.87. The standard InChI is InChI=1S/C16H34/c1-6-9-14(4)10-11-15(5)12-13-16(7-2)8-3/h14-16H,6-13H2,1-5H3. The molecule has 0 heteroatoms. The molecule has 0 aliphatic rings. The molecule has 0 aromatic rings. The third-order valence-electron chi connectivity index (χ3n) is 4.16. The summed E-state index contributed by atoms with van der Waals surface area (Å²) in [4.78, 5) is 0. The highest BCUT2D eigenvalue weighted by Gasteiger charge is 2.09. The van der Waals surface area contributed by atoms with Crippen LogP contribution in [0.4, 0.5) is 0 Å². The van der Waals surface area contributed by atoms with Crippen LogP contribution in [0.25, 0.3) is 0 Å². The molecule has 0 rings (SSSR count). The molecule has 0 aromatic carbocycles. The van der Waals surface area contributed by atoms with Crippen LogP contribution in [-0.2, 0) is 0 Å². The van der Waals surface area contributed by atoms with Gasteiger partial charge in [0.05, 0.1) is 0 Å². The maximum absolute atomic E-state index is 2.45. The van der Waals surface area contributed by atoms with Crippen LogP contribution in [0, 0.1) is 17.8 Å². The molecule has 0 nitrogen and oxygen atoms in total. The van der Waals surface area contributed by atoms with E-state index in [0.29, 0.717) is 0 Å². The minimum absolute atomic E-state index is 0.944. The average molecular weight is 226 g/mol. The second-order valence-electron chi connectivity index (χ2n) is 5.84. The van der Waals surface area contributed by atoms with Gasteiger partial charge in [-0.2, -0.15) is 0 Å². The molecule has 0 bridgehead atoms. The van der Waals surface area contributed by atoms with Crippen molar-refractivity contribution in [3.8, 4) is 0 Å².